The Bertz CT molecular complexity index is 545. The van der Waals surface area contributed by atoms with Crippen molar-refractivity contribution in [1.82, 2.24) is 15.1 Å². The zero-order valence-electron chi connectivity index (χ0n) is 13.7. The summed E-state index contributed by atoms with van der Waals surface area (Å²) in [5.74, 6) is 0.0803. The van der Waals surface area contributed by atoms with E-state index in [4.69, 9.17) is 11.6 Å². The number of likely N-dealkylation sites (N-methyl/N-ethyl adjacent to an activating group) is 1. The summed E-state index contributed by atoms with van der Waals surface area (Å²) in [6.45, 7) is 2.38. The molecule has 0 saturated carbocycles. The Balaban J connectivity index is 1.73. The molecule has 1 heterocycles. The van der Waals surface area contributed by atoms with E-state index in [1.165, 1.54) is 0 Å². The number of benzene rings is 1. The number of nitrogens with one attached hydrogen (secondary N) is 1. The van der Waals surface area contributed by atoms with Crippen LogP contribution >= 0.6 is 11.6 Å². The number of carbonyl (C=O) groups is 2. The number of halogens is 1. The lowest BCUT2D eigenvalue weighted by Crippen LogP contribution is -2.43. The first-order chi connectivity index (χ1) is 11.0. The lowest BCUT2D eigenvalue weighted by molar-refractivity contribution is -0.133. The summed E-state index contributed by atoms with van der Waals surface area (Å²) < 4.78 is 0. The van der Waals surface area contributed by atoms with Gasteiger partial charge in [0.1, 0.15) is 0 Å². The predicted molar refractivity (Wildman–Crippen MR) is 91.7 cm³/mol. The van der Waals surface area contributed by atoms with Gasteiger partial charge in [-0.25, -0.2) is 0 Å². The van der Waals surface area contributed by atoms with E-state index in [1.807, 2.05) is 0 Å². The highest BCUT2D eigenvalue weighted by atomic mass is 35.5. The van der Waals surface area contributed by atoms with Gasteiger partial charge in [0.2, 0.25) is 5.91 Å². The van der Waals surface area contributed by atoms with Crippen molar-refractivity contribution in [2.24, 2.45) is 0 Å². The number of carbonyl (C=O) groups excluding carboxylic acids is 2. The minimum atomic E-state index is -0.0935. The summed E-state index contributed by atoms with van der Waals surface area (Å²) in [7, 11) is 3.59. The van der Waals surface area contributed by atoms with Gasteiger partial charge in [0.25, 0.3) is 5.91 Å². The number of likely N-dealkylation sites (tertiary alicyclic amines) is 1. The molecule has 1 aromatic rings. The van der Waals surface area contributed by atoms with Crippen LogP contribution in [-0.4, -0.2) is 61.4 Å². The van der Waals surface area contributed by atoms with Gasteiger partial charge in [0.05, 0.1) is 6.04 Å². The summed E-state index contributed by atoms with van der Waals surface area (Å²) in [6, 6.07) is 6.83. The molecule has 0 aromatic heterocycles. The Hall–Kier alpha value is -1.59. The fraction of sp³-hybridized carbons (Fsp3) is 0.529. The van der Waals surface area contributed by atoms with Crippen LogP contribution < -0.4 is 5.32 Å². The maximum atomic E-state index is 12.1. The van der Waals surface area contributed by atoms with Crippen LogP contribution in [0, 0.1) is 0 Å². The van der Waals surface area contributed by atoms with E-state index in [2.05, 4.69) is 10.2 Å². The normalized spacial score (nSPS) is 18.0. The Morgan fingerprint density at radius 3 is 2.65 bits per heavy atom. The maximum absolute atomic E-state index is 12.1. The molecule has 2 amide bonds. The molecule has 0 spiro atoms. The van der Waals surface area contributed by atoms with Crippen molar-refractivity contribution in [3.63, 3.8) is 0 Å². The quantitative estimate of drug-likeness (QED) is 0.808. The molecule has 6 heteroatoms. The van der Waals surface area contributed by atoms with Gasteiger partial charge in [-0.1, -0.05) is 11.6 Å². The van der Waals surface area contributed by atoms with E-state index < -0.39 is 0 Å². The molecule has 0 aliphatic carbocycles. The van der Waals surface area contributed by atoms with Crippen molar-refractivity contribution in [3.05, 3.63) is 34.9 Å². The van der Waals surface area contributed by atoms with E-state index in [9.17, 15) is 9.59 Å². The van der Waals surface area contributed by atoms with Crippen LogP contribution in [0.4, 0.5) is 0 Å². The molecule has 1 aliphatic heterocycles. The highest BCUT2D eigenvalue weighted by Gasteiger charge is 2.30. The Morgan fingerprint density at radius 2 is 2.00 bits per heavy atom. The van der Waals surface area contributed by atoms with E-state index in [1.54, 1.807) is 43.3 Å². The third kappa shape index (κ3) is 4.94. The molecule has 0 unspecified atom stereocenters. The molecule has 0 bridgehead atoms. The Labute approximate surface area is 142 Å². The van der Waals surface area contributed by atoms with E-state index in [0.29, 0.717) is 17.1 Å². The molecule has 1 aliphatic rings. The molecular formula is C17H24ClN3O2. The summed E-state index contributed by atoms with van der Waals surface area (Å²) in [5, 5.41) is 3.52. The van der Waals surface area contributed by atoms with Gasteiger partial charge in [-0.2, -0.15) is 0 Å². The molecule has 2 rings (SSSR count). The second kappa shape index (κ2) is 8.31. The van der Waals surface area contributed by atoms with E-state index >= 15 is 0 Å². The molecule has 126 valence electrons. The van der Waals surface area contributed by atoms with Crippen molar-refractivity contribution in [2.45, 2.75) is 25.3 Å². The highest BCUT2D eigenvalue weighted by Crippen LogP contribution is 2.18. The molecule has 1 saturated heterocycles. The van der Waals surface area contributed by atoms with Gasteiger partial charge in [-0.05, 0) is 50.1 Å². The van der Waals surface area contributed by atoms with Crippen molar-refractivity contribution in [1.29, 1.82) is 0 Å². The first-order valence-corrected chi connectivity index (χ1v) is 8.36. The standard InChI is InChI=1S/C17H24ClN3O2/c1-20(2)17(23)15-5-3-11-21(15)12-4-10-19-16(22)13-6-8-14(18)9-7-13/h6-9,15H,3-5,10-12H2,1-2H3,(H,19,22)/t15-/m1/s1. The largest absolute Gasteiger partial charge is 0.352 e. The maximum Gasteiger partial charge on any atom is 0.251 e. The second-order valence-corrected chi connectivity index (χ2v) is 6.48. The Kier molecular flexibility index (Phi) is 6.42. The van der Waals surface area contributed by atoms with E-state index in [0.717, 1.165) is 32.4 Å². The number of amides is 2. The minimum Gasteiger partial charge on any atom is -0.352 e. The third-order valence-corrected chi connectivity index (χ3v) is 4.36. The van der Waals surface area contributed by atoms with Crippen molar-refractivity contribution >= 4 is 23.4 Å². The van der Waals surface area contributed by atoms with Crippen LogP contribution in [0.25, 0.3) is 0 Å². The Morgan fingerprint density at radius 1 is 1.30 bits per heavy atom. The average molecular weight is 338 g/mol. The highest BCUT2D eigenvalue weighted by molar-refractivity contribution is 6.30. The summed E-state index contributed by atoms with van der Waals surface area (Å²) in [5.41, 5.74) is 0.608. The van der Waals surface area contributed by atoms with Crippen LogP contribution in [0.3, 0.4) is 0 Å². The second-order valence-electron chi connectivity index (χ2n) is 6.04. The minimum absolute atomic E-state index is 0.00281. The molecule has 5 nitrogen and oxygen atoms in total. The van der Waals surface area contributed by atoms with Gasteiger partial charge < -0.3 is 10.2 Å². The molecular weight excluding hydrogens is 314 g/mol. The smallest absolute Gasteiger partial charge is 0.251 e. The van der Waals surface area contributed by atoms with Crippen molar-refractivity contribution in [2.75, 3.05) is 33.7 Å². The zero-order valence-corrected chi connectivity index (χ0v) is 14.5. The van der Waals surface area contributed by atoms with Crippen molar-refractivity contribution < 1.29 is 9.59 Å². The van der Waals surface area contributed by atoms with Crippen LogP contribution in [0.15, 0.2) is 24.3 Å². The fourth-order valence-corrected chi connectivity index (χ4v) is 2.98. The lowest BCUT2D eigenvalue weighted by Gasteiger charge is -2.26. The molecule has 1 aromatic carbocycles. The molecule has 0 radical (unpaired) electrons. The van der Waals surface area contributed by atoms with Gasteiger partial charge in [0.15, 0.2) is 0 Å². The fourth-order valence-electron chi connectivity index (χ4n) is 2.86. The topological polar surface area (TPSA) is 52.7 Å². The SMILES string of the molecule is CN(C)C(=O)[C@H]1CCCN1CCCNC(=O)c1ccc(Cl)cc1. The van der Waals surface area contributed by atoms with Crippen LogP contribution in [0.5, 0.6) is 0 Å². The summed E-state index contributed by atoms with van der Waals surface area (Å²) in [6.07, 6.45) is 2.81. The van der Waals surface area contributed by atoms with Gasteiger partial charge >= 0.3 is 0 Å². The van der Waals surface area contributed by atoms with Crippen LogP contribution in [-0.2, 0) is 4.79 Å². The van der Waals surface area contributed by atoms with E-state index in [-0.39, 0.29) is 17.9 Å². The summed E-state index contributed by atoms with van der Waals surface area (Å²) in [4.78, 5) is 28.0. The number of hydrogen-bond acceptors (Lipinski definition) is 3. The third-order valence-electron chi connectivity index (χ3n) is 4.10. The zero-order chi connectivity index (χ0) is 16.8. The first-order valence-electron chi connectivity index (χ1n) is 7.98. The average Bonchev–Trinajstić information content (AvgIpc) is 2.99. The lowest BCUT2D eigenvalue weighted by atomic mass is 10.2. The van der Waals surface area contributed by atoms with Gasteiger partial charge in [-0.15, -0.1) is 0 Å². The number of nitrogens with zero attached hydrogens (tertiary/aromatic N) is 2. The van der Waals surface area contributed by atoms with Gasteiger partial charge in [-0.3, -0.25) is 14.5 Å². The van der Waals surface area contributed by atoms with Gasteiger partial charge in [0, 0.05) is 37.8 Å². The first kappa shape index (κ1) is 17.8. The monoisotopic (exact) mass is 337 g/mol. The molecule has 1 fully saturated rings. The van der Waals surface area contributed by atoms with Crippen LogP contribution in [0.1, 0.15) is 29.6 Å². The predicted octanol–water partition coefficient (Wildman–Crippen LogP) is 2.01. The van der Waals surface area contributed by atoms with Crippen LogP contribution in [0.2, 0.25) is 5.02 Å². The molecule has 23 heavy (non-hydrogen) atoms. The number of hydrogen-bond donors (Lipinski definition) is 1. The number of rotatable bonds is 6. The molecule has 1 N–H and O–H groups in total. The van der Waals surface area contributed by atoms with Crippen molar-refractivity contribution in [3.8, 4) is 0 Å². The molecule has 1 atom stereocenters. The summed E-state index contributed by atoms with van der Waals surface area (Å²) >= 11 is 5.81.